The van der Waals surface area contributed by atoms with Crippen LogP contribution >= 0.6 is 0 Å². The van der Waals surface area contributed by atoms with Gasteiger partial charge in [-0.15, -0.1) is 0 Å². The summed E-state index contributed by atoms with van der Waals surface area (Å²) in [5.74, 6) is 0.321. The number of nitrogens with zero attached hydrogens (tertiary/aromatic N) is 2. The minimum Gasteiger partial charge on any atom is -0.409 e. The van der Waals surface area contributed by atoms with E-state index in [9.17, 15) is 8.42 Å². The number of amidine groups is 1. The number of aromatic nitrogens is 1. The van der Waals surface area contributed by atoms with Crippen molar-refractivity contribution < 1.29 is 13.6 Å². The maximum Gasteiger partial charge on any atom is 0.188 e. The summed E-state index contributed by atoms with van der Waals surface area (Å²) in [7, 11) is -2.93. The van der Waals surface area contributed by atoms with E-state index in [0.29, 0.717) is 18.7 Å². The van der Waals surface area contributed by atoms with E-state index >= 15 is 0 Å². The standard InChI is InChI=1S/C12H18N4O3S/c1-12(3-5-20(18,19)8-12)15-7-9-2-4-14-10(6-9)11(13)16-17/h2,4,6,15,17H,3,5,7-8H2,1H3,(H2,13,16). The quantitative estimate of drug-likeness (QED) is 0.308. The lowest BCUT2D eigenvalue weighted by molar-refractivity contribution is 0.318. The number of oxime groups is 1. The first kappa shape index (κ1) is 14.7. The van der Waals surface area contributed by atoms with Gasteiger partial charge in [0.25, 0.3) is 0 Å². The molecule has 2 heterocycles. The summed E-state index contributed by atoms with van der Waals surface area (Å²) in [5.41, 5.74) is 6.36. The molecule has 1 aliphatic rings. The van der Waals surface area contributed by atoms with E-state index < -0.39 is 15.4 Å². The Bertz CT molecular complexity index is 629. The lowest BCUT2D eigenvalue weighted by Crippen LogP contribution is -2.42. The Morgan fingerprint density at radius 1 is 1.65 bits per heavy atom. The van der Waals surface area contributed by atoms with Crippen LogP contribution in [0.25, 0.3) is 0 Å². The molecule has 1 saturated heterocycles. The summed E-state index contributed by atoms with van der Waals surface area (Å²) >= 11 is 0. The second kappa shape index (κ2) is 5.37. The topological polar surface area (TPSA) is 118 Å². The van der Waals surface area contributed by atoms with Gasteiger partial charge in [0.15, 0.2) is 15.7 Å². The molecule has 1 aromatic rings. The van der Waals surface area contributed by atoms with Crippen LogP contribution in [0, 0.1) is 0 Å². The second-order valence-corrected chi connectivity index (χ2v) is 7.47. The Balaban J connectivity index is 2.05. The summed E-state index contributed by atoms with van der Waals surface area (Å²) in [6.45, 7) is 2.41. The van der Waals surface area contributed by atoms with E-state index in [1.165, 1.54) is 0 Å². The fraction of sp³-hybridized carbons (Fsp3) is 0.500. The molecule has 1 unspecified atom stereocenters. The minimum absolute atomic E-state index is 0.0542. The summed E-state index contributed by atoms with van der Waals surface area (Å²) < 4.78 is 23.1. The molecule has 0 spiro atoms. The third-order valence-corrected chi connectivity index (χ3v) is 5.32. The van der Waals surface area contributed by atoms with Crippen molar-refractivity contribution in [1.29, 1.82) is 0 Å². The minimum atomic E-state index is -2.93. The van der Waals surface area contributed by atoms with E-state index in [1.54, 1.807) is 18.3 Å². The maximum atomic E-state index is 11.5. The van der Waals surface area contributed by atoms with E-state index in [4.69, 9.17) is 10.9 Å². The highest BCUT2D eigenvalue weighted by atomic mass is 32.2. The summed E-state index contributed by atoms with van der Waals surface area (Å²) in [5, 5.41) is 14.8. The van der Waals surface area contributed by atoms with Crippen molar-refractivity contribution >= 4 is 15.7 Å². The zero-order valence-electron chi connectivity index (χ0n) is 11.2. The number of nitrogens with two attached hydrogens (primary N) is 1. The second-order valence-electron chi connectivity index (χ2n) is 5.29. The van der Waals surface area contributed by atoms with Crippen LogP contribution in [0.15, 0.2) is 23.5 Å². The van der Waals surface area contributed by atoms with Gasteiger partial charge in [-0.2, -0.15) is 0 Å². The predicted molar refractivity (Wildman–Crippen MR) is 75.3 cm³/mol. The van der Waals surface area contributed by atoms with Crippen LogP contribution in [0.3, 0.4) is 0 Å². The van der Waals surface area contributed by atoms with Crippen LogP contribution in [0.5, 0.6) is 0 Å². The van der Waals surface area contributed by atoms with E-state index in [-0.39, 0.29) is 17.3 Å². The Hall–Kier alpha value is -1.67. The van der Waals surface area contributed by atoms with Gasteiger partial charge in [-0.1, -0.05) is 5.16 Å². The zero-order valence-corrected chi connectivity index (χ0v) is 12.0. The number of nitrogens with one attached hydrogen (secondary N) is 1. The van der Waals surface area contributed by atoms with Crippen molar-refractivity contribution in [2.24, 2.45) is 10.9 Å². The molecule has 7 nitrogen and oxygen atoms in total. The Labute approximate surface area is 117 Å². The number of hydrogen-bond donors (Lipinski definition) is 3. The third kappa shape index (κ3) is 3.45. The Kier molecular flexibility index (Phi) is 3.96. The average molecular weight is 298 g/mol. The van der Waals surface area contributed by atoms with Crippen LogP contribution < -0.4 is 11.1 Å². The smallest absolute Gasteiger partial charge is 0.188 e. The molecule has 1 aromatic heterocycles. The van der Waals surface area contributed by atoms with Gasteiger partial charge in [-0.05, 0) is 31.0 Å². The van der Waals surface area contributed by atoms with Crippen LogP contribution in [-0.2, 0) is 16.4 Å². The molecule has 1 fully saturated rings. The van der Waals surface area contributed by atoms with Gasteiger partial charge in [0.2, 0.25) is 0 Å². The number of sulfone groups is 1. The third-order valence-electron chi connectivity index (χ3n) is 3.42. The van der Waals surface area contributed by atoms with Gasteiger partial charge in [0.05, 0.1) is 11.5 Å². The molecule has 0 radical (unpaired) electrons. The van der Waals surface area contributed by atoms with E-state index in [0.717, 1.165) is 5.56 Å². The molecule has 0 aliphatic carbocycles. The van der Waals surface area contributed by atoms with E-state index in [1.807, 2.05) is 6.92 Å². The van der Waals surface area contributed by atoms with Gasteiger partial charge in [0.1, 0.15) is 5.69 Å². The first-order valence-electron chi connectivity index (χ1n) is 6.22. The fourth-order valence-electron chi connectivity index (χ4n) is 2.24. The normalized spacial score (nSPS) is 25.8. The molecular formula is C12H18N4O3S. The van der Waals surface area contributed by atoms with Gasteiger partial charge in [0, 0.05) is 18.3 Å². The van der Waals surface area contributed by atoms with Crippen LogP contribution in [-0.4, -0.2) is 41.5 Å². The van der Waals surface area contributed by atoms with Crippen molar-refractivity contribution in [3.05, 3.63) is 29.6 Å². The summed E-state index contributed by atoms with van der Waals surface area (Å²) in [4.78, 5) is 3.99. The van der Waals surface area contributed by atoms with Gasteiger partial charge in [-0.3, -0.25) is 4.98 Å². The summed E-state index contributed by atoms with van der Waals surface area (Å²) in [6, 6.07) is 3.50. The van der Waals surface area contributed by atoms with Crippen LogP contribution in [0.1, 0.15) is 24.6 Å². The van der Waals surface area contributed by atoms with Crippen molar-refractivity contribution in [1.82, 2.24) is 10.3 Å². The summed E-state index contributed by atoms with van der Waals surface area (Å²) in [6.07, 6.45) is 2.17. The highest BCUT2D eigenvalue weighted by Gasteiger charge is 2.37. The van der Waals surface area contributed by atoms with Crippen molar-refractivity contribution in [2.75, 3.05) is 11.5 Å². The van der Waals surface area contributed by atoms with Crippen molar-refractivity contribution in [3.8, 4) is 0 Å². The lowest BCUT2D eigenvalue weighted by Gasteiger charge is -2.24. The van der Waals surface area contributed by atoms with Crippen LogP contribution in [0.2, 0.25) is 0 Å². The first-order valence-corrected chi connectivity index (χ1v) is 8.04. The highest BCUT2D eigenvalue weighted by molar-refractivity contribution is 7.91. The van der Waals surface area contributed by atoms with Crippen LogP contribution in [0.4, 0.5) is 0 Å². The Morgan fingerprint density at radius 2 is 2.40 bits per heavy atom. The number of hydrogen-bond acceptors (Lipinski definition) is 6. The van der Waals surface area contributed by atoms with Gasteiger partial charge < -0.3 is 16.3 Å². The predicted octanol–water partition coefficient (Wildman–Crippen LogP) is -0.157. The van der Waals surface area contributed by atoms with E-state index in [2.05, 4.69) is 15.5 Å². The molecular weight excluding hydrogens is 280 g/mol. The zero-order chi connectivity index (χ0) is 14.8. The SMILES string of the molecule is CC1(NCc2ccnc(C(N)=NO)c2)CCS(=O)(=O)C1. The maximum absolute atomic E-state index is 11.5. The molecule has 0 amide bonds. The number of rotatable bonds is 4. The average Bonchev–Trinajstić information content (AvgIpc) is 2.70. The fourth-order valence-corrected chi connectivity index (χ4v) is 4.36. The molecule has 1 aliphatic heterocycles. The molecule has 0 saturated carbocycles. The van der Waals surface area contributed by atoms with Crippen molar-refractivity contribution in [2.45, 2.75) is 25.4 Å². The monoisotopic (exact) mass is 298 g/mol. The molecule has 0 aromatic carbocycles. The molecule has 110 valence electrons. The van der Waals surface area contributed by atoms with Crippen molar-refractivity contribution in [3.63, 3.8) is 0 Å². The lowest BCUT2D eigenvalue weighted by atomic mass is 10.0. The first-order chi connectivity index (χ1) is 9.34. The largest absolute Gasteiger partial charge is 0.409 e. The Morgan fingerprint density at radius 3 is 3.00 bits per heavy atom. The van der Waals surface area contributed by atoms with Gasteiger partial charge in [-0.25, -0.2) is 8.42 Å². The molecule has 4 N–H and O–H groups in total. The molecule has 1 atom stereocenters. The molecule has 8 heteroatoms. The molecule has 20 heavy (non-hydrogen) atoms. The highest BCUT2D eigenvalue weighted by Crippen LogP contribution is 2.23. The van der Waals surface area contributed by atoms with Gasteiger partial charge >= 0.3 is 0 Å². The number of pyridine rings is 1. The molecule has 2 rings (SSSR count). The molecule has 0 bridgehead atoms.